The molecule has 0 aromatic heterocycles. The fraction of sp³-hybridized carbons (Fsp3) is 0.188. The van der Waals surface area contributed by atoms with Gasteiger partial charge >= 0.3 is 0 Å². The van der Waals surface area contributed by atoms with Crippen LogP contribution < -0.4 is 15.8 Å². The van der Waals surface area contributed by atoms with Gasteiger partial charge in [0.25, 0.3) is 5.91 Å². The molecule has 2 aromatic carbocycles. The van der Waals surface area contributed by atoms with Crippen molar-refractivity contribution in [2.24, 2.45) is 0 Å². The predicted octanol–water partition coefficient (Wildman–Crippen LogP) is 2.68. The Morgan fingerprint density at radius 1 is 1.19 bits per heavy atom. The average molecular weight is 286 g/mol. The van der Waals surface area contributed by atoms with E-state index >= 15 is 0 Å². The van der Waals surface area contributed by atoms with Crippen LogP contribution in [0.25, 0.3) is 0 Å². The van der Waals surface area contributed by atoms with Crippen molar-refractivity contribution in [2.45, 2.75) is 6.61 Å². The first-order valence-corrected chi connectivity index (χ1v) is 6.47. The van der Waals surface area contributed by atoms with Crippen molar-refractivity contribution in [3.63, 3.8) is 0 Å². The summed E-state index contributed by atoms with van der Waals surface area (Å²) in [6.07, 6.45) is 0. The Hall–Kier alpha value is -2.53. The molecule has 3 N–H and O–H groups in total. The molecule has 0 fully saturated rings. The van der Waals surface area contributed by atoms with Gasteiger partial charge < -0.3 is 20.5 Å². The maximum Gasteiger partial charge on any atom is 0.257 e. The number of carbonyl (C=O) groups is 1. The molecule has 0 heterocycles. The summed E-state index contributed by atoms with van der Waals surface area (Å²) in [6.45, 7) is 0.425. The van der Waals surface area contributed by atoms with Crippen LogP contribution in [0.5, 0.6) is 5.75 Å². The lowest BCUT2D eigenvalue weighted by Gasteiger charge is -2.12. The van der Waals surface area contributed by atoms with Crippen molar-refractivity contribution in [2.75, 3.05) is 25.3 Å². The van der Waals surface area contributed by atoms with E-state index < -0.39 is 0 Å². The minimum Gasteiger partial charge on any atom is -0.497 e. The molecule has 21 heavy (non-hydrogen) atoms. The Balaban J connectivity index is 2.22. The summed E-state index contributed by atoms with van der Waals surface area (Å²) in [7, 11) is 3.16. The van der Waals surface area contributed by atoms with Gasteiger partial charge in [-0.05, 0) is 18.2 Å². The molecule has 0 spiro atoms. The fourth-order valence-corrected chi connectivity index (χ4v) is 1.99. The zero-order valence-corrected chi connectivity index (χ0v) is 12.1. The quantitative estimate of drug-likeness (QED) is 0.829. The molecule has 0 aliphatic heterocycles. The summed E-state index contributed by atoms with van der Waals surface area (Å²) in [6, 6.07) is 12.4. The van der Waals surface area contributed by atoms with Crippen LogP contribution in [0.15, 0.2) is 42.5 Å². The number of benzene rings is 2. The number of ether oxygens (including phenoxy) is 2. The van der Waals surface area contributed by atoms with Gasteiger partial charge in [-0.1, -0.05) is 18.2 Å². The van der Waals surface area contributed by atoms with Crippen LogP contribution >= 0.6 is 0 Å². The minimum atomic E-state index is -0.265. The molecule has 5 nitrogen and oxygen atoms in total. The first-order valence-electron chi connectivity index (χ1n) is 6.47. The van der Waals surface area contributed by atoms with Crippen LogP contribution in [-0.4, -0.2) is 20.1 Å². The normalized spacial score (nSPS) is 10.2. The van der Waals surface area contributed by atoms with E-state index in [0.717, 1.165) is 5.56 Å². The Morgan fingerprint density at radius 2 is 1.95 bits per heavy atom. The number of carbonyl (C=O) groups excluding carboxylic acids is 1. The first kappa shape index (κ1) is 14.9. The van der Waals surface area contributed by atoms with Crippen LogP contribution in [0, 0.1) is 0 Å². The van der Waals surface area contributed by atoms with Gasteiger partial charge in [0.05, 0.1) is 19.3 Å². The lowest BCUT2D eigenvalue weighted by molar-refractivity contribution is 0.102. The number of methoxy groups -OCH3 is 2. The summed E-state index contributed by atoms with van der Waals surface area (Å²) in [5.41, 5.74) is 8.27. The van der Waals surface area contributed by atoms with E-state index in [9.17, 15) is 4.79 Å². The summed E-state index contributed by atoms with van der Waals surface area (Å²) < 4.78 is 10.2. The van der Waals surface area contributed by atoms with Gasteiger partial charge in [-0.25, -0.2) is 0 Å². The molecule has 1 amide bonds. The monoisotopic (exact) mass is 286 g/mol. The number of hydrogen-bond donors (Lipinski definition) is 2. The van der Waals surface area contributed by atoms with Crippen molar-refractivity contribution in [1.29, 1.82) is 0 Å². The zero-order valence-electron chi connectivity index (χ0n) is 12.1. The Labute approximate surface area is 123 Å². The SMILES string of the molecule is COCc1ccccc1NC(=O)c1ccc(OC)cc1N. The number of para-hydroxylation sites is 1. The maximum atomic E-state index is 12.3. The molecule has 0 aliphatic carbocycles. The molecule has 0 radical (unpaired) electrons. The molecule has 0 unspecified atom stereocenters. The summed E-state index contributed by atoms with van der Waals surface area (Å²) in [5, 5.41) is 2.85. The second-order valence-corrected chi connectivity index (χ2v) is 4.50. The summed E-state index contributed by atoms with van der Waals surface area (Å²) >= 11 is 0. The third-order valence-electron chi connectivity index (χ3n) is 3.07. The molecular weight excluding hydrogens is 268 g/mol. The van der Waals surface area contributed by atoms with Crippen LogP contribution in [0.4, 0.5) is 11.4 Å². The van der Waals surface area contributed by atoms with Gasteiger partial charge in [-0.15, -0.1) is 0 Å². The van der Waals surface area contributed by atoms with Gasteiger partial charge in [0.1, 0.15) is 5.75 Å². The van der Waals surface area contributed by atoms with Gasteiger partial charge in [-0.3, -0.25) is 4.79 Å². The first-order chi connectivity index (χ1) is 10.2. The average Bonchev–Trinajstić information content (AvgIpc) is 2.49. The molecule has 2 aromatic rings. The number of hydrogen-bond acceptors (Lipinski definition) is 4. The highest BCUT2D eigenvalue weighted by atomic mass is 16.5. The Kier molecular flexibility index (Phi) is 4.79. The van der Waals surface area contributed by atoms with E-state index in [1.807, 2.05) is 24.3 Å². The van der Waals surface area contributed by atoms with Crippen molar-refractivity contribution >= 4 is 17.3 Å². The second-order valence-electron chi connectivity index (χ2n) is 4.50. The highest BCUT2D eigenvalue weighted by molar-refractivity contribution is 6.08. The highest BCUT2D eigenvalue weighted by Crippen LogP contribution is 2.22. The number of amides is 1. The third kappa shape index (κ3) is 3.52. The lowest BCUT2D eigenvalue weighted by Crippen LogP contribution is -2.15. The van der Waals surface area contributed by atoms with E-state index in [4.69, 9.17) is 15.2 Å². The molecule has 0 saturated carbocycles. The van der Waals surface area contributed by atoms with E-state index in [2.05, 4.69) is 5.32 Å². The number of rotatable bonds is 5. The van der Waals surface area contributed by atoms with Crippen LogP contribution in [-0.2, 0) is 11.3 Å². The molecule has 5 heteroatoms. The largest absolute Gasteiger partial charge is 0.497 e. The van der Waals surface area contributed by atoms with E-state index in [1.165, 1.54) is 0 Å². The maximum absolute atomic E-state index is 12.3. The molecule has 0 saturated heterocycles. The minimum absolute atomic E-state index is 0.265. The molecule has 0 bridgehead atoms. The van der Waals surface area contributed by atoms with Crippen molar-refractivity contribution in [1.82, 2.24) is 0 Å². The smallest absolute Gasteiger partial charge is 0.257 e. The zero-order chi connectivity index (χ0) is 15.2. The fourth-order valence-electron chi connectivity index (χ4n) is 1.99. The number of nitrogen functional groups attached to an aromatic ring is 1. The van der Waals surface area contributed by atoms with Gasteiger partial charge in [0.15, 0.2) is 0 Å². The molecule has 0 atom stereocenters. The van der Waals surface area contributed by atoms with E-state index in [0.29, 0.717) is 29.3 Å². The number of nitrogens with two attached hydrogens (primary N) is 1. The predicted molar refractivity (Wildman–Crippen MR) is 82.5 cm³/mol. The summed E-state index contributed by atoms with van der Waals surface area (Å²) in [4.78, 5) is 12.3. The third-order valence-corrected chi connectivity index (χ3v) is 3.07. The Morgan fingerprint density at radius 3 is 2.62 bits per heavy atom. The molecule has 2 rings (SSSR count). The summed E-state index contributed by atoms with van der Waals surface area (Å²) in [5.74, 6) is 0.350. The van der Waals surface area contributed by atoms with Crippen LogP contribution in [0.3, 0.4) is 0 Å². The van der Waals surface area contributed by atoms with E-state index in [-0.39, 0.29) is 5.91 Å². The van der Waals surface area contributed by atoms with Crippen molar-refractivity contribution in [3.05, 3.63) is 53.6 Å². The molecular formula is C16H18N2O3. The Bertz CT molecular complexity index is 641. The van der Waals surface area contributed by atoms with Crippen LogP contribution in [0.2, 0.25) is 0 Å². The standard InChI is InChI=1S/C16H18N2O3/c1-20-10-11-5-3-4-6-15(11)18-16(19)13-8-7-12(21-2)9-14(13)17/h3-9H,10,17H2,1-2H3,(H,18,19). The van der Waals surface area contributed by atoms with Crippen molar-refractivity contribution in [3.8, 4) is 5.75 Å². The van der Waals surface area contributed by atoms with E-state index in [1.54, 1.807) is 32.4 Å². The number of nitrogens with one attached hydrogen (secondary N) is 1. The van der Waals surface area contributed by atoms with Crippen molar-refractivity contribution < 1.29 is 14.3 Å². The van der Waals surface area contributed by atoms with Gasteiger partial charge in [0.2, 0.25) is 0 Å². The number of anilines is 2. The topological polar surface area (TPSA) is 73.6 Å². The molecule has 0 aliphatic rings. The molecule has 110 valence electrons. The second kappa shape index (κ2) is 6.76. The van der Waals surface area contributed by atoms with Gasteiger partial charge in [0, 0.05) is 30.1 Å². The van der Waals surface area contributed by atoms with Gasteiger partial charge in [-0.2, -0.15) is 0 Å². The lowest BCUT2D eigenvalue weighted by atomic mass is 10.1. The van der Waals surface area contributed by atoms with Crippen LogP contribution in [0.1, 0.15) is 15.9 Å². The highest BCUT2D eigenvalue weighted by Gasteiger charge is 2.12.